The van der Waals surface area contributed by atoms with Gasteiger partial charge in [-0.05, 0) is 55.8 Å². The van der Waals surface area contributed by atoms with Crippen molar-refractivity contribution in [3.8, 4) is 0 Å². The Labute approximate surface area is 174 Å². The van der Waals surface area contributed by atoms with E-state index in [1.807, 2.05) is 6.07 Å². The summed E-state index contributed by atoms with van der Waals surface area (Å²) in [5.41, 5.74) is 8.14. The molecule has 0 radical (unpaired) electrons. The van der Waals surface area contributed by atoms with Gasteiger partial charge in [-0.2, -0.15) is 0 Å². The van der Waals surface area contributed by atoms with Crippen LogP contribution in [0.2, 0.25) is 0 Å². The molecule has 2 aromatic carbocycles. The molecule has 1 saturated heterocycles. The number of thioether (sulfide) groups is 1. The fourth-order valence-electron chi connectivity index (χ4n) is 3.68. The van der Waals surface area contributed by atoms with Crippen LogP contribution in [0.5, 0.6) is 0 Å². The van der Waals surface area contributed by atoms with Crippen LogP contribution in [0.1, 0.15) is 30.3 Å². The monoisotopic (exact) mass is 414 g/mol. The number of aromatic amines is 1. The molecule has 3 N–H and O–H groups in total. The third-order valence-corrected chi connectivity index (χ3v) is 6.28. The van der Waals surface area contributed by atoms with Crippen LogP contribution in [-0.4, -0.2) is 53.4 Å². The number of piperidine rings is 1. The van der Waals surface area contributed by atoms with Crippen LogP contribution in [0.3, 0.4) is 0 Å². The molecule has 0 saturated carbocycles. The quantitative estimate of drug-likeness (QED) is 0.573. The average Bonchev–Trinajstić information content (AvgIpc) is 3.14. The molecule has 1 unspecified atom stereocenters. The number of likely N-dealkylation sites (tertiary alicyclic amines) is 1. The maximum atomic E-state index is 13.7. The summed E-state index contributed by atoms with van der Waals surface area (Å²) < 4.78 is 20.2. The second-order valence-corrected chi connectivity index (χ2v) is 8.68. The topological polar surface area (TPSA) is 67.2 Å². The number of nitrogens with zero attached hydrogens (tertiary/aromatic N) is 2. The third kappa shape index (κ3) is 4.98. The molecular weight excluding hydrogens is 387 g/mol. The average molecular weight is 415 g/mol. The summed E-state index contributed by atoms with van der Waals surface area (Å²) in [4.78, 5) is 11.5. The van der Waals surface area contributed by atoms with E-state index in [1.54, 1.807) is 17.8 Å². The van der Waals surface area contributed by atoms with E-state index in [9.17, 15) is 4.39 Å². The van der Waals surface area contributed by atoms with Crippen LogP contribution in [-0.2, 0) is 4.74 Å². The van der Waals surface area contributed by atoms with Crippen molar-refractivity contribution in [3.63, 3.8) is 0 Å². The number of imidazole rings is 1. The van der Waals surface area contributed by atoms with Crippen molar-refractivity contribution in [3.05, 3.63) is 59.7 Å². The summed E-state index contributed by atoms with van der Waals surface area (Å²) >= 11 is 1.73. The van der Waals surface area contributed by atoms with Crippen molar-refractivity contribution in [2.75, 3.05) is 32.4 Å². The molecule has 0 aliphatic carbocycles. The molecule has 1 fully saturated rings. The second-order valence-electron chi connectivity index (χ2n) is 7.51. The first-order valence-corrected chi connectivity index (χ1v) is 11.0. The Morgan fingerprint density at radius 3 is 2.90 bits per heavy atom. The van der Waals surface area contributed by atoms with Gasteiger partial charge < -0.3 is 20.4 Å². The molecule has 1 atom stereocenters. The Morgan fingerprint density at radius 1 is 1.28 bits per heavy atom. The summed E-state index contributed by atoms with van der Waals surface area (Å²) in [6.45, 7) is 2.68. The minimum absolute atomic E-state index is 0.168. The molecular formula is C22H27FN4OS. The molecule has 7 heteroatoms. The van der Waals surface area contributed by atoms with Crippen LogP contribution in [0.4, 0.5) is 4.39 Å². The van der Waals surface area contributed by atoms with Gasteiger partial charge in [0.1, 0.15) is 17.7 Å². The molecule has 0 bridgehead atoms. The van der Waals surface area contributed by atoms with E-state index in [1.165, 1.54) is 12.1 Å². The van der Waals surface area contributed by atoms with Crippen LogP contribution in [0, 0.1) is 5.82 Å². The highest BCUT2D eigenvalue weighted by molar-refractivity contribution is 7.99. The Bertz CT molecular complexity index is 955. The zero-order valence-electron chi connectivity index (χ0n) is 16.6. The Morgan fingerprint density at radius 2 is 2.10 bits per heavy atom. The number of nitrogens with one attached hydrogen (secondary N) is 1. The summed E-state index contributed by atoms with van der Waals surface area (Å²) in [6, 6.07) is 13.0. The minimum Gasteiger partial charge on any atom is -0.362 e. The van der Waals surface area contributed by atoms with Gasteiger partial charge in [-0.3, -0.25) is 0 Å². The molecule has 5 nitrogen and oxygen atoms in total. The van der Waals surface area contributed by atoms with Gasteiger partial charge in [-0.15, -0.1) is 11.8 Å². The maximum Gasteiger partial charge on any atom is 0.141 e. The SMILES string of the molecule is CN1CCC(OC(c2cccc(SCCN)c2)c2nc3ccc(F)cc3[nH]2)CC1. The molecule has 3 aromatic rings. The van der Waals surface area contributed by atoms with Crippen LogP contribution in [0.25, 0.3) is 11.0 Å². The Hall–Kier alpha value is -1.93. The standard InChI is InChI=1S/C22H27FN4OS/c1-27-10-7-17(8-11-27)28-21(15-3-2-4-18(13-15)29-12-9-24)22-25-19-6-5-16(23)14-20(19)26-22/h2-6,13-14,17,21H,7-12,24H2,1H3,(H,25,26). The number of benzene rings is 2. The number of H-pyrrole nitrogens is 1. The summed E-state index contributed by atoms with van der Waals surface area (Å²) in [5, 5.41) is 0. The highest BCUT2D eigenvalue weighted by Gasteiger charge is 2.26. The smallest absolute Gasteiger partial charge is 0.141 e. The molecule has 154 valence electrons. The van der Waals surface area contributed by atoms with Gasteiger partial charge in [0.2, 0.25) is 0 Å². The first-order chi connectivity index (χ1) is 14.1. The summed E-state index contributed by atoms with van der Waals surface area (Å²) in [6.07, 6.45) is 1.83. The number of hydrogen-bond acceptors (Lipinski definition) is 5. The number of hydrogen-bond donors (Lipinski definition) is 2. The second kappa shape index (κ2) is 9.26. The number of nitrogens with two attached hydrogens (primary N) is 1. The molecule has 0 spiro atoms. The minimum atomic E-state index is -0.322. The van der Waals surface area contributed by atoms with E-state index < -0.39 is 0 Å². The summed E-state index contributed by atoms with van der Waals surface area (Å²) in [5.74, 6) is 1.31. The number of halogens is 1. The predicted molar refractivity (Wildman–Crippen MR) is 116 cm³/mol. The first-order valence-electron chi connectivity index (χ1n) is 10.0. The number of ether oxygens (including phenoxy) is 1. The van der Waals surface area contributed by atoms with E-state index in [2.05, 4.69) is 35.1 Å². The van der Waals surface area contributed by atoms with Crippen molar-refractivity contribution in [1.29, 1.82) is 0 Å². The largest absolute Gasteiger partial charge is 0.362 e. The third-order valence-electron chi connectivity index (χ3n) is 5.25. The van der Waals surface area contributed by atoms with Crippen LogP contribution in [0.15, 0.2) is 47.4 Å². The Balaban J connectivity index is 1.66. The van der Waals surface area contributed by atoms with Gasteiger partial charge in [0.05, 0.1) is 17.1 Å². The van der Waals surface area contributed by atoms with Crippen molar-refractivity contribution in [2.24, 2.45) is 5.73 Å². The lowest BCUT2D eigenvalue weighted by molar-refractivity contribution is -0.0264. The number of aromatic nitrogens is 2. The highest BCUT2D eigenvalue weighted by Crippen LogP contribution is 2.32. The molecule has 1 aromatic heterocycles. The first kappa shape index (κ1) is 20.3. The lowest BCUT2D eigenvalue weighted by Crippen LogP contribution is -2.35. The van der Waals surface area contributed by atoms with Gasteiger partial charge in [-0.25, -0.2) is 9.37 Å². The molecule has 1 aliphatic heterocycles. The zero-order chi connectivity index (χ0) is 20.2. The van der Waals surface area contributed by atoms with Gasteiger partial charge in [0, 0.05) is 30.3 Å². The number of rotatable bonds is 7. The van der Waals surface area contributed by atoms with E-state index >= 15 is 0 Å². The predicted octanol–water partition coefficient (Wildman–Crippen LogP) is 3.95. The molecule has 0 amide bonds. The van der Waals surface area contributed by atoms with Gasteiger partial charge in [0.25, 0.3) is 0 Å². The van der Waals surface area contributed by atoms with E-state index in [0.717, 1.165) is 47.7 Å². The summed E-state index contributed by atoms with van der Waals surface area (Å²) in [7, 11) is 2.14. The lowest BCUT2D eigenvalue weighted by atomic mass is 10.1. The fourth-order valence-corrected chi connectivity index (χ4v) is 4.43. The normalized spacial score (nSPS) is 17.1. The van der Waals surface area contributed by atoms with Crippen LogP contribution >= 0.6 is 11.8 Å². The van der Waals surface area contributed by atoms with Crippen LogP contribution < -0.4 is 5.73 Å². The molecule has 29 heavy (non-hydrogen) atoms. The molecule has 4 rings (SSSR count). The van der Waals surface area contributed by atoms with Gasteiger partial charge in [-0.1, -0.05) is 12.1 Å². The van der Waals surface area contributed by atoms with Gasteiger partial charge >= 0.3 is 0 Å². The Kier molecular flexibility index (Phi) is 6.50. The van der Waals surface area contributed by atoms with Crippen molar-refractivity contribution in [1.82, 2.24) is 14.9 Å². The van der Waals surface area contributed by atoms with E-state index in [-0.39, 0.29) is 18.0 Å². The molecule has 2 heterocycles. The van der Waals surface area contributed by atoms with Crippen molar-refractivity contribution >= 4 is 22.8 Å². The van der Waals surface area contributed by atoms with Gasteiger partial charge in [0.15, 0.2) is 0 Å². The zero-order valence-corrected chi connectivity index (χ0v) is 17.4. The van der Waals surface area contributed by atoms with E-state index in [0.29, 0.717) is 17.9 Å². The highest BCUT2D eigenvalue weighted by atomic mass is 32.2. The fraction of sp³-hybridized carbons (Fsp3) is 0.409. The number of fused-ring (bicyclic) bond motifs is 1. The maximum absolute atomic E-state index is 13.7. The van der Waals surface area contributed by atoms with Crippen molar-refractivity contribution in [2.45, 2.75) is 29.9 Å². The van der Waals surface area contributed by atoms with E-state index in [4.69, 9.17) is 15.5 Å². The molecule has 1 aliphatic rings. The van der Waals surface area contributed by atoms with Crippen molar-refractivity contribution < 1.29 is 9.13 Å². The lowest BCUT2D eigenvalue weighted by Gasteiger charge is -2.31.